The molecule has 43 heavy (non-hydrogen) atoms. The first-order valence-corrected chi connectivity index (χ1v) is 33.1. The van der Waals surface area contributed by atoms with Gasteiger partial charge in [-0.2, -0.15) is 0 Å². The van der Waals surface area contributed by atoms with Gasteiger partial charge in [-0.15, -0.1) is 0 Å². The fraction of sp³-hybridized carbons (Fsp3) is 0.786. The minimum Gasteiger partial charge on any atom is -0.417 e. The molecular formula is C28H64N2O7Si6. The van der Waals surface area contributed by atoms with Gasteiger partial charge >= 0.3 is 17.6 Å². The monoisotopic (exact) mass is 708 g/mol. The highest BCUT2D eigenvalue weighted by atomic mass is 28.5. The number of amides is 2. The van der Waals surface area contributed by atoms with E-state index in [0.717, 1.165) is 25.7 Å². The molecular weight excluding hydrogens is 645 g/mol. The number of rotatable bonds is 22. The second-order valence-corrected chi connectivity index (χ2v) is 40.1. The third-order valence-corrected chi connectivity index (χ3v) is 24.7. The van der Waals surface area contributed by atoms with Crippen LogP contribution in [-0.2, 0) is 30.2 Å². The topological polar surface area (TPSA) is 104 Å². The van der Waals surface area contributed by atoms with Crippen LogP contribution in [0.1, 0.15) is 39.5 Å². The molecule has 0 aromatic heterocycles. The molecule has 9 nitrogen and oxygen atoms in total. The first kappa shape index (κ1) is 42.5. The van der Waals surface area contributed by atoms with Crippen LogP contribution in [0.3, 0.4) is 0 Å². The first-order chi connectivity index (χ1) is 19.2. The third kappa shape index (κ3) is 21.0. The van der Waals surface area contributed by atoms with Crippen LogP contribution in [0.25, 0.3) is 0 Å². The first-order valence-electron chi connectivity index (χ1n) is 15.6. The molecule has 0 saturated carbocycles. The minimum absolute atomic E-state index is 0.0262. The summed E-state index contributed by atoms with van der Waals surface area (Å²) in [5.74, 6) is -0.359. The van der Waals surface area contributed by atoms with E-state index >= 15 is 0 Å². The second-order valence-electron chi connectivity index (χ2n) is 15.3. The lowest BCUT2D eigenvalue weighted by atomic mass is 10.2. The van der Waals surface area contributed by atoms with Crippen LogP contribution < -0.4 is 10.6 Å². The Morgan fingerprint density at radius 1 is 0.558 bits per heavy atom. The summed E-state index contributed by atoms with van der Waals surface area (Å²) in [4.78, 5) is 23.8. The zero-order valence-electron chi connectivity index (χ0n) is 29.8. The molecule has 2 unspecified atom stereocenters. The Bertz CT molecular complexity index is 807. The quantitative estimate of drug-likeness (QED) is 0.0904. The molecule has 0 spiro atoms. The normalized spacial score (nSPS) is 15.0. The molecule has 0 heterocycles. The molecule has 0 fully saturated rings. The van der Waals surface area contributed by atoms with Crippen molar-refractivity contribution in [3.63, 3.8) is 0 Å². The summed E-state index contributed by atoms with van der Waals surface area (Å²) in [7, 11) is -15.4. The van der Waals surface area contributed by atoms with Gasteiger partial charge in [0, 0.05) is 24.2 Å². The highest BCUT2D eigenvalue weighted by Gasteiger charge is 2.58. The van der Waals surface area contributed by atoms with Crippen LogP contribution in [0.4, 0.5) is 0 Å². The van der Waals surface area contributed by atoms with E-state index in [9.17, 15) is 9.59 Å². The minimum atomic E-state index is -3.36. The van der Waals surface area contributed by atoms with E-state index in [2.05, 4.69) is 102 Å². The largest absolute Gasteiger partial charge is 0.472 e. The van der Waals surface area contributed by atoms with Gasteiger partial charge in [0.1, 0.15) is 0 Å². The van der Waals surface area contributed by atoms with Crippen molar-refractivity contribution in [2.75, 3.05) is 0 Å². The molecule has 2 atom stereocenters. The van der Waals surface area contributed by atoms with Crippen molar-refractivity contribution < 1.29 is 30.2 Å². The lowest BCUT2D eigenvalue weighted by Gasteiger charge is -2.47. The Morgan fingerprint density at radius 2 is 0.814 bits per heavy atom. The van der Waals surface area contributed by atoms with Crippen LogP contribution in [0.5, 0.6) is 0 Å². The smallest absolute Gasteiger partial charge is 0.417 e. The predicted octanol–water partition coefficient (Wildman–Crippen LogP) is 7.23. The molecule has 2 N–H and O–H groups in total. The van der Waals surface area contributed by atoms with Gasteiger partial charge in [-0.1, -0.05) is 13.2 Å². The van der Waals surface area contributed by atoms with Gasteiger partial charge in [0.2, 0.25) is 11.8 Å². The SMILES string of the molecule is C=CC(=O)NC(C)CCC[Si](O[Si](C)(C)C)(O[Si](C)(C)C)O[Si](CCCC(C)NC(=O)C=C)(O[Si](C)(C)C)O[Si](C)(C)C. The van der Waals surface area contributed by atoms with Crippen molar-refractivity contribution in [2.24, 2.45) is 0 Å². The average Bonchev–Trinajstić information content (AvgIpc) is 2.73. The number of hydrogen-bond acceptors (Lipinski definition) is 7. The Balaban J connectivity index is 6.77. The highest BCUT2D eigenvalue weighted by Crippen LogP contribution is 2.36. The molecule has 0 aromatic carbocycles. The van der Waals surface area contributed by atoms with Crippen LogP contribution in [0, 0.1) is 0 Å². The molecule has 252 valence electrons. The molecule has 0 aliphatic rings. The summed E-state index contributed by atoms with van der Waals surface area (Å²) in [6, 6.07) is 1.17. The van der Waals surface area contributed by atoms with Gasteiger partial charge < -0.3 is 31.2 Å². The van der Waals surface area contributed by atoms with Crippen molar-refractivity contribution >= 4 is 62.7 Å². The maximum atomic E-state index is 11.9. The zero-order valence-corrected chi connectivity index (χ0v) is 35.8. The molecule has 0 aliphatic heterocycles. The van der Waals surface area contributed by atoms with E-state index in [0.29, 0.717) is 12.1 Å². The van der Waals surface area contributed by atoms with Crippen molar-refractivity contribution in [1.29, 1.82) is 0 Å². The lowest BCUT2D eigenvalue weighted by molar-refractivity contribution is -0.117. The van der Waals surface area contributed by atoms with Gasteiger partial charge in [-0.25, -0.2) is 0 Å². The van der Waals surface area contributed by atoms with Gasteiger partial charge in [0.05, 0.1) is 0 Å². The van der Waals surface area contributed by atoms with E-state index in [1.54, 1.807) is 0 Å². The Labute approximate surface area is 270 Å². The maximum absolute atomic E-state index is 11.9. The van der Waals surface area contributed by atoms with Crippen molar-refractivity contribution in [3.05, 3.63) is 25.3 Å². The number of carbonyl (C=O) groups is 2. The number of carbonyl (C=O) groups excluding carboxylic acids is 2. The summed E-state index contributed by atoms with van der Waals surface area (Å²) < 4.78 is 35.7. The number of nitrogens with one attached hydrogen (secondary N) is 2. The summed E-state index contributed by atoms with van der Waals surface area (Å²) >= 11 is 0. The van der Waals surface area contributed by atoms with E-state index in [4.69, 9.17) is 20.6 Å². The molecule has 0 rings (SSSR count). The summed E-state index contributed by atoms with van der Waals surface area (Å²) in [5.41, 5.74) is 0. The fourth-order valence-corrected chi connectivity index (χ4v) is 28.3. The lowest BCUT2D eigenvalue weighted by Crippen LogP contribution is -2.67. The maximum Gasteiger partial charge on any atom is 0.472 e. The Hall–Kier alpha value is -0.479. The van der Waals surface area contributed by atoms with E-state index in [-0.39, 0.29) is 23.9 Å². The standard InChI is InChI=1S/C28H64N2O7Si6/c1-17-27(31)29-25(3)21-19-23-42(33-38(5,6)7,34-39(8,9)10)37-43(35-40(11,12)13,36-41(14,15)16)24-20-22-26(4)30-28(32)18-2/h17-18,25-26H,1-2,19-24H2,3-16H3,(H,29,31)(H,30,32). The van der Waals surface area contributed by atoms with Crippen molar-refractivity contribution in [2.45, 2.75) is 142 Å². The van der Waals surface area contributed by atoms with E-state index in [1.165, 1.54) is 12.2 Å². The van der Waals surface area contributed by atoms with Gasteiger partial charge in [-0.3, -0.25) is 9.59 Å². The van der Waals surface area contributed by atoms with Gasteiger partial charge in [-0.05, 0) is 130 Å². The third-order valence-electron chi connectivity index (χ3n) is 5.55. The zero-order chi connectivity index (χ0) is 33.9. The highest BCUT2D eigenvalue weighted by molar-refractivity contribution is 6.92. The Morgan fingerprint density at radius 3 is 1.02 bits per heavy atom. The van der Waals surface area contributed by atoms with Crippen molar-refractivity contribution in [1.82, 2.24) is 10.6 Å². The summed E-state index contributed by atoms with van der Waals surface area (Å²) in [5, 5.41) is 5.93. The number of hydrogen-bond donors (Lipinski definition) is 2. The molecule has 0 aromatic rings. The molecule has 0 aliphatic carbocycles. The predicted molar refractivity (Wildman–Crippen MR) is 194 cm³/mol. The second kappa shape index (κ2) is 17.4. The fourth-order valence-electron chi connectivity index (χ4n) is 4.53. The molecule has 2 amide bonds. The van der Waals surface area contributed by atoms with Crippen LogP contribution in [0.2, 0.25) is 90.7 Å². The summed E-state index contributed by atoms with van der Waals surface area (Å²) in [6.45, 7) is 37.2. The molecule has 0 radical (unpaired) electrons. The van der Waals surface area contributed by atoms with Crippen LogP contribution in [-0.4, -0.2) is 74.8 Å². The van der Waals surface area contributed by atoms with Crippen LogP contribution >= 0.6 is 0 Å². The van der Waals surface area contributed by atoms with Gasteiger partial charge in [0.25, 0.3) is 0 Å². The van der Waals surface area contributed by atoms with Crippen LogP contribution in [0.15, 0.2) is 25.3 Å². The van der Waals surface area contributed by atoms with Crippen molar-refractivity contribution in [3.8, 4) is 0 Å². The van der Waals surface area contributed by atoms with E-state index in [1.807, 2.05) is 13.8 Å². The summed E-state index contributed by atoms with van der Waals surface area (Å²) in [6.07, 6.45) is 5.61. The van der Waals surface area contributed by atoms with Gasteiger partial charge in [0.15, 0.2) is 33.3 Å². The van der Waals surface area contributed by atoms with E-state index < -0.39 is 50.9 Å². The molecule has 0 bridgehead atoms. The molecule has 0 saturated heterocycles. The Kier molecular flexibility index (Phi) is 17.2. The average molecular weight is 709 g/mol. The molecule has 15 heteroatoms.